The van der Waals surface area contributed by atoms with Gasteiger partial charge in [-0.2, -0.15) is 0 Å². The van der Waals surface area contributed by atoms with Crippen LogP contribution in [0.25, 0.3) is 0 Å². The average Bonchev–Trinajstić information content (AvgIpc) is 3.05. The van der Waals surface area contributed by atoms with Crippen LogP contribution in [-0.4, -0.2) is 80.1 Å². The van der Waals surface area contributed by atoms with Gasteiger partial charge in [-0.3, -0.25) is 9.59 Å². The van der Waals surface area contributed by atoms with Crippen LogP contribution in [0.15, 0.2) is 11.6 Å². The summed E-state index contributed by atoms with van der Waals surface area (Å²) in [5.41, 5.74) is 7.58. The van der Waals surface area contributed by atoms with Gasteiger partial charge in [-0.05, 0) is 136 Å². The number of esters is 1. The number of piperazine rings is 1. The van der Waals surface area contributed by atoms with Crippen molar-refractivity contribution in [1.82, 2.24) is 15.1 Å². The van der Waals surface area contributed by atoms with Gasteiger partial charge in [-0.25, -0.2) is 0 Å². The molecule has 7 nitrogen and oxygen atoms in total. The molecule has 5 fully saturated rings. The quantitative estimate of drug-likeness (QED) is 0.154. The highest BCUT2D eigenvalue weighted by Crippen LogP contribution is 2.75. The molecule has 1 saturated heterocycles. The number of hydrogen-bond donors (Lipinski definition) is 2. The van der Waals surface area contributed by atoms with Crippen molar-refractivity contribution < 1.29 is 14.3 Å². The van der Waals surface area contributed by atoms with E-state index in [9.17, 15) is 9.59 Å². The number of ether oxygens (including phenoxy) is 1. The second-order valence-corrected chi connectivity index (χ2v) is 19.2. The Morgan fingerprint density at radius 2 is 1.55 bits per heavy atom. The summed E-state index contributed by atoms with van der Waals surface area (Å²) in [6, 6.07) is 0. The highest BCUT2D eigenvalue weighted by molar-refractivity contribution is 5.84. The highest BCUT2D eigenvalue weighted by Gasteiger charge is 2.69. The van der Waals surface area contributed by atoms with Gasteiger partial charge in [0, 0.05) is 45.1 Å². The topological polar surface area (TPSA) is 87.9 Å². The Kier molecular flexibility index (Phi) is 10.5. The molecule has 0 spiro atoms. The van der Waals surface area contributed by atoms with Gasteiger partial charge in [0.15, 0.2) is 0 Å². The average molecular weight is 681 g/mol. The summed E-state index contributed by atoms with van der Waals surface area (Å²) in [6.45, 7) is 27.4. The van der Waals surface area contributed by atoms with Gasteiger partial charge in [0.05, 0.1) is 5.41 Å². The van der Waals surface area contributed by atoms with Crippen molar-refractivity contribution in [2.75, 3.05) is 52.4 Å². The van der Waals surface area contributed by atoms with E-state index in [0.29, 0.717) is 35.5 Å². The fourth-order valence-electron chi connectivity index (χ4n) is 13.5. The first-order chi connectivity index (χ1) is 23.1. The van der Waals surface area contributed by atoms with Crippen LogP contribution in [0.5, 0.6) is 0 Å². The van der Waals surface area contributed by atoms with Gasteiger partial charge >= 0.3 is 5.97 Å². The molecule has 0 aromatic heterocycles. The number of nitrogens with one attached hydrogen (secondary N) is 1. The van der Waals surface area contributed by atoms with E-state index in [0.717, 1.165) is 110 Å². The van der Waals surface area contributed by atoms with E-state index < -0.39 is 0 Å². The van der Waals surface area contributed by atoms with Crippen LogP contribution < -0.4 is 11.1 Å². The lowest BCUT2D eigenvalue weighted by Gasteiger charge is -2.71. The summed E-state index contributed by atoms with van der Waals surface area (Å²) in [5, 5.41) is 3.54. The van der Waals surface area contributed by atoms with E-state index in [-0.39, 0.29) is 39.1 Å². The normalized spacial score (nSPS) is 43.7. The maximum atomic E-state index is 14.6. The van der Waals surface area contributed by atoms with Crippen LogP contribution in [0.3, 0.4) is 0 Å². The first-order valence-electron chi connectivity index (χ1n) is 20.4. The zero-order chi connectivity index (χ0) is 35.4. The molecular weight excluding hydrogens is 608 g/mol. The highest BCUT2D eigenvalue weighted by atomic mass is 16.5. The number of fused-ring (bicyclic) bond motifs is 7. The molecule has 6 rings (SSSR count). The molecule has 10 atom stereocenters. The molecule has 4 saturated carbocycles. The number of nitrogens with two attached hydrogens (primary N) is 1. The van der Waals surface area contributed by atoms with Crippen molar-refractivity contribution in [1.29, 1.82) is 0 Å². The Hall–Kier alpha value is -1.44. The van der Waals surface area contributed by atoms with E-state index in [1.807, 2.05) is 0 Å². The number of hydrogen-bond acceptors (Lipinski definition) is 6. The first kappa shape index (κ1) is 37.3. The van der Waals surface area contributed by atoms with Gasteiger partial charge in [-0.1, -0.05) is 60.1 Å². The largest absolute Gasteiger partial charge is 0.462 e. The van der Waals surface area contributed by atoms with Crippen molar-refractivity contribution in [3.05, 3.63) is 11.6 Å². The third-order valence-electron chi connectivity index (χ3n) is 16.8. The maximum Gasteiger partial charge on any atom is 0.302 e. The molecule has 7 heteroatoms. The minimum atomic E-state index is -0.278. The second kappa shape index (κ2) is 13.8. The third-order valence-corrected chi connectivity index (χ3v) is 16.8. The molecule has 0 radical (unpaired) electrons. The van der Waals surface area contributed by atoms with Crippen LogP contribution in [0.2, 0.25) is 0 Å². The fourth-order valence-corrected chi connectivity index (χ4v) is 13.5. The van der Waals surface area contributed by atoms with Gasteiger partial charge in [0.2, 0.25) is 5.91 Å². The van der Waals surface area contributed by atoms with E-state index in [1.54, 1.807) is 12.5 Å². The smallest absolute Gasteiger partial charge is 0.302 e. The van der Waals surface area contributed by atoms with Crippen LogP contribution >= 0.6 is 0 Å². The van der Waals surface area contributed by atoms with Crippen molar-refractivity contribution in [2.24, 2.45) is 62.4 Å². The van der Waals surface area contributed by atoms with Crippen molar-refractivity contribution in [2.45, 2.75) is 132 Å². The van der Waals surface area contributed by atoms with Crippen LogP contribution in [0, 0.1) is 56.7 Å². The van der Waals surface area contributed by atoms with Crippen LogP contribution in [0.1, 0.15) is 126 Å². The zero-order valence-corrected chi connectivity index (χ0v) is 32.7. The Bertz CT molecular complexity index is 1260. The van der Waals surface area contributed by atoms with Crippen molar-refractivity contribution >= 4 is 11.9 Å². The lowest BCUT2D eigenvalue weighted by Crippen LogP contribution is -2.66. The zero-order valence-electron chi connectivity index (χ0n) is 32.7. The predicted octanol–water partition coefficient (Wildman–Crippen LogP) is 7.05. The second-order valence-electron chi connectivity index (χ2n) is 19.2. The van der Waals surface area contributed by atoms with Gasteiger partial charge in [0.25, 0.3) is 0 Å². The molecule has 5 aliphatic carbocycles. The lowest BCUT2D eigenvalue weighted by atomic mass is 9.33. The molecule has 49 heavy (non-hydrogen) atoms. The number of carbonyl (C=O) groups excluding carboxylic acids is 2. The molecule has 1 heterocycles. The third kappa shape index (κ3) is 6.15. The predicted molar refractivity (Wildman–Crippen MR) is 199 cm³/mol. The summed E-state index contributed by atoms with van der Waals surface area (Å²) in [4.78, 5) is 31.7. The molecule has 0 aromatic rings. The number of amides is 1. The Labute approximate surface area is 299 Å². The van der Waals surface area contributed by atoms with Crippen LogP contribution in [-0.2, 0) is 14.3 Å². The molecule has 0 aromatic carbocycles. The number of rotatable bonds is 9. The first-order valence-corrected chi connectivity index (χ1v) is 20.4. The minimum absolute atomic E-state index is 0.00720. The molecule has 3 unspecified atom stereocenters. The maximum absolute atomic E-state index is 14.6. The summed E-state index contributed by atoms with van der Waals surface area (Å²) in [5.74, 6) is 2.82. The van der Waals surface area contributed by atoms with E-state index in [1.165, 1.54) is 12.8 Å². The number of carbonyl (C=O) groups is 2. The molecule has 6 aliphatic rings. The Morgan fingerprint density at radius 1 is 0.878 bits per heavy atom. The summed E-state index contributed by atoms with van der Waals surface area (Å²) >= 11 is 0. The molecule has 1 amide bonds. The lowest BCUT2D eigenvalue weighted by molar-refractivity contribution is -0.212. The number of allylic oxidation sites excluding steroid dienone is 2. The SMILES string of the molecule is CC(=O)O[C@H]1CC[C@@]2(C)C(CC[C@]3(C)C2CC=C2C4[C@@H](C)[C@H](C)CC[C@]4(C(=O)NCCCN4CCN(CCCN)CC4)CC[C@]23C)C1(C)C. The van der Waals surface area contributed by atoms with Gasteiger partial charge < -0.3 is 25.6 Å². The summed E-state index contributed by atoms with van der Waals surface area (Å²) < 4.78 is 5.97. The summed E-state index contributed by atoms with van der Waals surface area (Å²) in [7, 11) is 0. The molecule has 1 aliphatic heterocycles. The molecular formula is C42H72N4O3. The fraction of sp³-hybridized carbons (Fsp3) is 0.905. The van der Waals surface area contributed by atoms with E-state index in [2.05, 4.69) is 69.7 Å². The molecule has 0 bridgehead atoms. The monoisotopic (exact) mass is 681 g/mol. The van der Waals surface area contributed by atoms with Crippen molar-refractivity contribution in [3.63, 3.8) is 0 Å². The Balaban J connectivity index is 1.18. The number of nitrogens with zero attached hydrogens (tertiary/aromatic N) is 2. The molecule has 278 valence electrons. The van der Waals surface area contributed by atoms with Crippen LogP contribution in [0.4, 0.5) is 0 Å². The van der Waals surface area contributed by atoms with E-state index in [4.69, 9.17) is 10.5 Å². The van der Waals surface area contributed by atoms with Crippen molar-refractivity contribution in [3.8, 4) is 0 Å². The van der Waals surface area contributed by atoms with E-state index >= 15 is 0 Å². The summed E-state index contributed by atoms with van der Waals surface area (Å²) in [6.07, 6.45) is 14.8. The molecule has 3 N–H and O–H groups in total. The standard InChI is InChI=1S/C42H72N4O3/c1-29-13-18-42(37(48)44-22-10-24-46-27-25-45(26-28-46)23-9-21-43)20-19-40(7)32(36(42)30(29)2)11-12-34-39(6)16-15-35(49-31(3)47)38(4,5)33(39)14-17-41(34,40)8/h11,29-30,33-36H,9-10,12-28,43H2,1-8H3,(H,44,48)/t29-,30+,33?,34?,35+,36?,39+,40-,41-,42+/m1/s1. The van der Waals surface area contributed by atoms with Gasteiger partial charge in [0.1, 0.15) is 6.10 Å². The Morgan fingerprint density at radius 3 is 2.20 bits per heavy atom. The van der Waals surface area contributed by atoms with Gasteiger partial charge in [-0.15, -0.1) is 0 Å². The minimum Gasteiger partial charge on any atom is -0.462 e.